The average Bonchev–Trinajstić information content (AvgIpc) is 2.47. The van der Waals surface area contributed by atoms with Gasteiger partial charge in [0.25, 0.3) is 0 Å². The summed E-state index contributed by atoms with van der Waals surface area (Å²) in [6.45, 7) is 1.93. The molecule has 20 heavy (non-hydrogen) atoms. The molecule has 2 aromatic carbocycles. The Kier molecular flexibility index (Phi) is 4.68. The van der Waals surface area contributed by atoms with Crippen LogP contribution in [-0.4, -0.2) is 18.8 Å². The van der Waals surface area contributed by atoms with Crippen LogP contribution in [0.25, 0.3) is 0 Å². The molecule has 0 radical (unpaired) electrons. The fourth-order valence-electron chi connectivity index (χ4n) is 2.08. The lowest BCUT2D eigenvalue weighted by Gasteiger charge is -2.31. The highest BCUT2D eigenvalue weighted by molar-refractivity contribution is 9.10. The van der Waals surface area contributed by atoms with E-state index in [9.17, 15) is 5.11 Å². The Labute approximate surface area is 127 Å². The van der Waals surface area contributed by atoms with Crippen molar-refractivity contribution in [1.29, 1.82) is 0 Å². The minimum atomic E-state index is -0.585. The third-order valence-electron chi connectivity index (χ3n) is 3.30. The summed E-state index contributed by atoms with van der Waals surface area (Å²) < 4.78 is 6.32. The van der Waals surface area contributed by atoms with Crippen molar-refractivity contribution < 1.29 is 9.84 Å². The quantitative estimate of drug-likeness (QED) is 0.873. The Bertz CT molecular complexity index is 588. The van der Waals surface area contributed by atoms with Gasteiger partial charge in [-0.3, -0.25) is 0 Å². The lowest BCUT2D eigenvalue weighted by atomic mass is 9.92. The highest BCUT2D eigenvalue weighted by Gasteiger charge is 2.26. The summed E-state index contributed by atoms with van der Waals surface area (Å²) in [5.74, 6) is 0.752. The number of halogens is 1. The van der Waals surface area contributed by atoms with Gasteiger partial charge in [-0.15, -0.1) is 0 Å². The van der Waals surface area contributed by atoms with E-state index in [1.165, 1.54) is 0 Å². The average molecular weight is 336 g/mol. The predicted molar refractivity (Wildman–Crippen MR) is 85.2 cm³/mol. The zero-order valence-electron chi connectivity index (χ0n) is 11.6. The van der Waals surface area contributed by atoms with Crippen molar-refractivity contribution in [2.75, 3.05) is 19.0 Å². The van der Waals surface area contributed by atoms with Crippen LogP contribution in [0.5, 0.6) is 5.75 Å². The molecule has 0 aliphatic heterocycles. The first-order valence-corrected chi connectivity index (χ1v) is 7.16. The van der Waals surface area contributed by atoms with Crippen molar-refractivity contribution in [2.45, 2.75) is 12.5 Å². The number of benzene rings is 2. The molecular weight excluding hydrogens is 318 g/mol. The molecule has 2 aromatic rings. The standard InChI is InChI=1S/C16H18BrNO2/c1-16(11-19,12-6-5-7-13(17)10-12)18-14-8-3-4-9-15(14)20-2/h3-10,18-19H,11H2,1-2H3. The Morgan fingerprint density at radius 1 is 1.20 bits per heavy atom. The highest BCUT2D eigenvalue weighted by Crippen LogP contribution is 2.32. The summed E-state index contributed by atoms with van der Waals surface area (Å²) in [4.78, 5) is 0. The number of hydrogen-bond acceptors (Lipinski definition) is 3. The smallest absolute Gasteiger partial charge is 0.141 e. The van der Waals surface area contributed by atoms with Crippen molar-refractivity contribution in [2.24, 2.45) is 0 Å². The second-order valence-electron chi connectivity index (χ2n) is 4.83. The van der Waals surface area contributed by atoms with Gasteiger partial charge in [0.2, 0.25) is 0 Å². The van der Waals surface area contributed by atoms with Crippen LogP contribution in [0.3, 0.4) is 0 Å². The number of anilines is 1. The fourth-order valence-corrected chi connectivity index (χ4v) is 2.48. The Morgan fingerprint density at radius 2 is 1.95 bits per heavy atom. The molecule has 0 aromatic heterocycles. The molecule has 1 atom stereocenters. The van der Waals surface area contributed by atoms with Crippen LogP contribution in [0.15, 0.2) is 53.0 Å². The van der Waals surface area contributed by atoms with E-state index >= 15 is 0 Å². The van der Waals surface area contributed by atoms with Crippen LogP contribution in [0, 0.1) is 0 Å². The summed E-state index contributed by atoms with van der Waals surface area (Å²) in [6.07, 6.45) is 0. The molecule has 0 saturated carbocycles. The van der Waals surface area contributed by atoms with Gasteiger partial charge >= 0.3 is 0 Å². The van der Waals surface area contributed by atoms with Crippen LogP contribution in [0.2, 0.25) is 0 Å². The summed E-state index contributed by atoms with van der Waals surface area (Å²) in [6, 6.07) is 15.6. The molecule has 0 aliphatic carbocycles. The van der Waals surface area contributed by atoms with Crippen molar-refractivity contribution >= 4 is 21.6 Å². The normalized spacial score (nSPS) is 13.6. The molecular formula is C16H18BrNO2. The lowest BCUT2D eigenvalue weighted by molar-refractivity contribution is 0.223. The molecule has 2 rings (SSSR count). The number of aliphatic hydroxyl groups excluding tert-OH is 1. The van der Waals surface area contributed by atoms with Gasteiger partial charge < -0.3 is 15.2 Å². The Morgan fingerprint density at radius 3 is 2.60 bits per heavy atom. The number of ether oxygens (including phenoxy) is 1. The highest BCUT2D eigenvalue weighted by atomic mass is 79.9. The predicted octanol–water partition coefficient (Wildman–Crippen LogP) is 3.78. The molecule has 1 unspecified atom stereocenters. The second kappa shape index (κ2) is 6.29. The van der Waals surface area contributed by atoms with Gasteiger partial charge in [0, 0.05) is 4.47 Å². The number of hydrogen-bond donors (Lipinski definition) is 2. The molecule has 0 heterocycles. The molecule has 0 spiro atoms. The summed E-state index contributed by atoms with van der Waals surface area (Å²) in [5.41, 5.74) is 1.27. The molecule has 0 amide bonds. The van der Waals surface area contributed by atoms with E-state index in [1.807, 2.05) is 55.5 Å². The SMILES string of the molecule is COc1ccccc1NC(C)(CO)c1cccc(Br)c1. The van der Waals surface area contributed by atoms with Gasteiger partial charge in [-0.05, 0) is 36.8 Å². The van der Waals surface area contributed by atoms with Gasteiger partial charge in [-0.2, -0.15) is 0 Å². The van der Waals surface area contributed by atoms with Gasteiger partial charge in [-0.1, -0.05) is 40.2 Å². The van der Waals surface area contributed by atoms with E-state index in [0.29, 0.717) is 0 Å². The minimum Gasteiger partial charge on any atom is -0.495 e. The van der Waals surface area contributed by atoms with E-state index in [4.69, 9.17) is 4.74 Å². The van der Waals surface area contributed by atoms with Gasteiger partial charge in [0.05, 0.1) is 24.9 Å². The van der Waals surface area contributed by atoms with Crippen LogP contribution in [-0.2, 0) is 5.54 Å². The lowest BCUT2D eigenvalue weighted by Crippen LogP contribution is -2.36. The number of nitrogens with one attached hydrogen (secondary N) is 1. The van der Waals surface area contributed by atoms with Crippen molar-refractivity contribution in [3.63, 3.8) is 0 Å². The zero-order chi connectivity index (χ0) is 14.6. The topological polar surface area (TPSA) is 41.5 Å². The maximum Gasteiger partial charge on any atom is 0.141 e. The van der Waals surface area contributed by atoms with Crippen molar-refractivity contribution in [3.05, 3.63) is 58.6 Å². The molecule has 4 heteroatoms. The van der Waals surface area contributed by atoms with Crippen LogP contribution in [0.4, 0.5) is 5.69 Å². The van der Waals surface area contributed by atoms with E-state index in [1.54, 1.807) is 7.11 Å². The molecule has 0 aliphatic rings. The molecule has 0 bridgehead atoms. The van der Waals surface area contributed by atoms with Gasteiger partial charge in [0.15, 0.2) is 0 Å². The van der Waals surface area contributed by atoms with Crippen LogP contribution in [0.1, 0.15) is 12.5 Å². The van der Waals surface area contributed by atoms with E-state index < -0.39 is 5.54 Å². The first kappa shape index (κ1) is 14.9. The summed E-state index contributed by atoms with van der Waals surface area (Å²) in [5, 5.41) is 13.2. The second-order valence-corrected chi connectivity index (χ2v) is 5.74. The first-order chi connectivity index (χ1) is 9.59. The molecule has 106 valence electrons. The number of rotatable bonds is 5. The molecule has 0 saturated heterocycles. The van der Waals surface area contributed by atoms with Crippen LogP contribution >= 0.6 is 15.9 Å². The maximum atomic E-state index is 9.84. The Hall–Kier alpha value is -1.52. The molecule has 0 fully saturated rings. The number of aliphatic hydroxyl groups is 1. The third kappa shape index (κ3) is 3.14. The largest absolute Gasteiger partial charge is 0.495 e. The summed E-state index contributed by atoms with van der Waals surface area (Å²) >= 11 is 3.46. The Balaban J connectivity index is 2.36. The van der Waals surface area contributed by atoms with E-state index in [-0.39, 0.29) is 6.61 Å². The third-order valence-corrected chi connectivity index (χ3v) is 3.79. The summed E-state index contributed by atoms with van der Waals surface area (Å²) in [7, 11) is 1.63. The monoisotopic (exact) mass is 335 g/mol. The first-order valence-electron chi connectivity index (χ1n) is 6.37. The van der Waals surface area contributed by atoms with E-state index in [0.717, 1.165) is 21.5 Å². The van der Waals surface area contributed by atoms with Crippen molar-refractivity contribution in [1.82, 2.24) is 0 Å². The number of para-hydroxylation sites is 2. The molecule has 3 nitrogen and oxygen atoms in total. The fraction of sp³-hybridized carbons (Fsp3) is 0.250. The maximum absolute atomic E-state index is 9.84. The van der Waals surface area contributed by atoms with Crippen molar-refractivity contribution in [3.8, 4) is 5.75 Å². The minimum absolute atomic E-state index is 0.0263. The number of methoxy groups -OCH3 is 1. The van der Waals surface area contributed by atoms with Gasteiger partial charge in [0.1, 0.15) is 5.75 Å². The van der Waals surface area contributed by atoms with Gasteiger partial charge in [-0.25, -0.2) is 0 Å². The molecule has 2 N–H and O–H groups in total. The zero-order valence-corrected chi connectivity index (χ0v) is 13.1. The van der Waals surface area contributed by atoms with Crippen LogP contribution < -0.4 is 10.1 Å². The van der Waals surface area contributed by atoms with E-state index in [2.05, 4.69) is 21.2 Å².